The number of aliphatic hydroxyl groups is 3. The fourth-order valence-corrected chi connectivity index (χ4v) is 6.50. The summed E-state index contributed by atoms with van der Waals surface area (Å²) in [6.07, 6.45) is 0.258. The highest BCUT2D eigenvalue weighted by molar-refractivity contribution is 6.24. The van der Waals surface area contributed by atoms with E-state index >= 15 is 0 Å². The summed E-state index contributed by atoms with van der Waals surface area (Å²) in [6, 6.07) is 5.81. The average molecular weight is 520 g/mol. The van der Waals surface area contributed by atoms with E-state index in [4.69, 9.17) is 5.73 Å². The van der Waals surface area contributed by atoms with Crippen molar-refractivity contribution in [2.24, 2.45) is 17.6 Å². The number of phenolic OH excluding ortho intramolecular Hbond substituents is 1. The summed E-state index contributed by atoms with van der Waals surface area (Å²) < 4.78 is 0. The lowest BCUT2D eigenvalue weighted by Crippen LogP contribution is -2.65. The van der Waals surface area contributed by atoms with Gasteiger partial charge in [-0.15, -0.1) is 0 Å². The summed E-state index contributed by atoms with van der Waals surface area (Å²) in [6.45, 7) is 3.72. The fourth-order valence-electron chi connectivity index (χ4n) is 6.50. The third-order valence-electron chi connectivity index (χ3n) is 8.00. The molecule has 1 heterocycles. The zero-order valence-corrected chi connectivity index (χ0v) is 21.4. The number of rotatable bonds is 3. The normalized spacial score (nSPS) is 26.8. The predicted octanol–water partition coefficient (Wildman–Crippen LogP) is 1.64. The standard InChI is InChI=1S/C28H29N3O7/c1-11-7-13(8-12(2)30-11)15-5-6-18(32)20-16(15)9-14-10-17-22(31(3)4)24(34)21(27(29)37)26(36)28(17,38)25(35)19(14)23(20)33/h5-8,14,17,22,32-33,36,38H,9-10H2,1-4H3,(H2,29,37)/t14-,17-,22-,28-/m1/s1. The maximum Gasteiger partial charge on any atom is 0.255 e. The topological polar surface area (TPSA) is 174 Å². The number of pyridine rings is 1. The van der Waals surface area contributed by atoms with E-state index in [1.54, 1.807) is 20.2 Å². The molecule has 3 aliphatic carbocycles. The van der Waals surface area contributed by atoms with E-state index < -0.39 is 58.0 Å². The quantitative estimate of drug-likeness (QED) is 0.378. The van der Waals surface area contributed by atoms with Gasteiger partial charge in [0.1, 0.15) is 22.8 Å². The van der Waals surface area contributed by atoms with Crippen molar-refractivity contribution in [3.05, 3.63) is 63.7 Å². The minimum atomic E-state index is -2.66. The smallest absolute Gasteiger partial charge is 0.255 e. The number of phenols is 1. The van der Waals surface area contributed by atoms with Crippen molar-refractivity contribution >= 4 is 23.2 Å². The Morgan fingerprint density at radius 1 is 1.11 bits per heavy atom. The van der Waals surface area contributed by atoms with Crippen molar-refractivity contribution in [2.75, 3.05) is 14.1 Å². The molecule has 38 heavy (non-hydrogen) atoms. The number of aromatic hydroxyl groups is 1. The van der Waals surface area contributed by atoms with Gasteiger partial charge in [-0.2, -0.15) is 0 Å². The number of nitrogens with two attached hydrogens (primary N) is 1. The molecule has 1 amide bonds. The molecule has 10 nitrogen and oxygen atoms in total. The number of fused-ring (bicyclic) bond motifs is 3. The van der Waals surface area contributed by atoms with Gasteiger partial charge in [0.05, 0.1) is 11.6 Å². The SMILES string of the molecule is Cc1cc(-c2ccc(O)c3c2C[C@@H]2C[C@@H]4[C@@H](N(C)C)C(=O)C(C(N)=O)=C(O)[C@]4(O)C(=O)C2=C3O)cc(C)n1. The van der Waals surface area contributed by atoms with Gasteiger partial charge in [-0.1, -0.05) is 6.07 Å². The Hall–Kier alpha value is -4.02. The van der Waals surface area contributed by atoms with E-state index in [1.165, 1.54) is 11.0 Å². The maximum absolute atomic E-state index is 13.9. The number of Topliss-reactive ketones (excluding diaryl/α,β-unsaturated/α-hetero) is 2. The summed E-state index contributed by atoms with van der Waals surface area (Å²) in [7, 11) is 3.13. The van der Waals surface area contributed by atoms with Gasteiger partial charge in [0.2, 0.25) is 5.78 Å². The number of carbonyl (C=O) groups excluding carboxylic acids is 3. The molecule has 6 N–H and O–H groups in total. The molecule has 198 valence electrons. The van der Waals surface area contributed by atoms with Crippen molar-refractivity contribution in [3.8, 4) is 16.9 Å². The van der Waals surface area contributed by atoms with E-state index in [9.17, 15) is 34.8 Å². The Balaban J connectivity index is 1.75. The number of ketones is 2. The van der Waals surface area contributed by atoms with E-state index in [2.05, 4.69) is 4.98 Å². The monoisotopic (exact) mass is 519 g/mol. The molecule has 0 spiro atoms. The van der Waals surface area contributed by atoms with Crippen LogP contribution in [0.3, 0.4) is 0 Å². The predicted molar refractivity (Wildman–Crippen MR) is 137 cm³/mol. The molecule has 0 aliphatic heterocycles. The first-order chi connectivity index (χ1) is 17.8. The van der Waals surface area contributed by atoms with Crippen LogP contribution in [0.5, 0.6) is 5.75 Å². The first kappa shape index (κ1) is 25.6. The largest absolute Gasteiger partial charge is 0.508 e. The lowest BCUT2D eigenvalue weighted by Gasteiger charge is -2.50. The summed E-state index contributed by atoms with van der Waals surface area (Å²) in [5.41, 5.74) is 5.51. The molecule has 0 saturated heterocycles. The Bertz CT molecular complexity index is 1490. The molecular formula is C28H29N3O7. The fraction of sp³-hybridized carbons (Fsp3) is 0.357. The van der Waals surface area contributed by atoms with Gasteiger partial charge < -0.3 is 26.2 Å². The van der Waals surface area contributed by atoms with Crippen LogP contribution in [0.1, 0.15) is 28.9 Å². The molecule has 1 aromatic heterocycles. The first-order valence-corrected chi connectivity index (χ1v) is 12.2. The van der Waals surface area contributed by atoms with Crippen molar-refractivity contribution in [2.45, 2.75) is 38.3 Å². The average Bonchev–Trinajstić information content (AvgIpc) is 2.80. The van der Waals surface area contributed by atoms with E-state index in [0.29, 0.717) is 5.56 Å². The van der Waals surface area contributed by atoms with E-state index in [0.717, 1.165) is 22.5 Å². The minimum Gasteiger partial charge on any atom is -0.508 e. The van der Waals surface area contributed by atoms with Crippen molar-refractivity contribution in [3.63, 3.8) is 0 Å². The molecule has 0 radical (unpaired) electrons. The maximum atomic E-state index is 13.9. The van der Waals surface area contributed by atoms with Gasteiger partial charge >= 0.3 is 0 Å². The molecule has 5 rings (SSSR count). The van der Waals surface area contributed by atoms with Crippen LogP contribution in [0, 0.1) is 25.7 Å². The minimum absolute atomic E-state index is 0.0370. The second-order valence-electron chi connectivity index (χ2n) is 10.6. The Labute approximate surface area is 218 Å². The molecule has 2 aromatic rings. The summed E-state index contributed by atoms with van der Waals surface area (Å²) in [5, 5.41) is 44.7. The zero-order valence-electron chi connectivity index (χ0n) is 21.4. The number of primary amides is 1. The number of likely N-dealkylation sites (N-methyl/N-ethyl adjacent to an activating group) is 1. The van der Waals surface area contributed by atoms with Gasteiger partial charge in [-0.3, -0.25) is 24.3 Å². The van der Waals surface area contributed by atoms with Gasteiger partial charge in [0.25, 0.3) is 5.91 Å². The van der Waals surface area contributed by atoms with Gasteiger partial charge in [-0.05, 0) is 81.6 Å². The molecular weight excluding hydrogens is 490 g/mol. The second kappa shape index (κ2) is 8.50. The van der Waals surface area contributed by atoms with Crippen LogP contribution in [-0.2, 0) is 20.8 Å². The summed E-state index contributed by atoms with van der Waals surface area (Å²) in [4.78, 5) is 45.1. The van der Waals surface area contributed by atoms with Crippen LogP contribution in [-0.4, -0.2) is 73.5 Å². The number of carbonyl (C=O) groups is 3. The van der Waals surface area contributed by atoms with Crippen LogP contribution in [0.2, 0.25) is 0 Å². The van der Waals surface area contributed by atoms with Crippen molar-refractivity contribution in [1.29, 1.82) is 0 Å². The zero-order chi connectivity index (χ0) is 27.8. The highest BCUT2D eigenvalue weighted by Gasteiger charge is 2.64. The number of aromatic nitrogens is 1. The third kappa shape index (κ3) is 3.40. The molecule has 10 heteroatoms. The number of amides is 1. The summed E-state index contributed by atoms with van der Waals surface area (Å²) >= 11 is 0. The molecule has 0 bridgehead atoms. The molecule has 4 atom stereocenters. The van der Waals surface area contributed by atoms with Crippen LogP contribution in [0.4, 0.5) is 0 Å². The highest BCUT2D eigenvalue weighted by atomic mass is 16.3. The number of nitrogens with zero attached hydrogens (tertiary/aromatic N) is 2. The van der Waals surface area contributed by atoms with Crippen molar-refractivity contribution in [1.82, 2.24) is 9.88 Å². The lowest BCUT2D eigenvalue weighted by atomic mass is 9.57. The number of aryl methyl sites for hydroxylation is 2. The number of hydrogen-bond donors (Lipinski definition) is 5. The van der Waals surface area contributed by atoms with Crippen LogP contribution < -0.4 is 5.73 Å². The first-order valence-electron chi connectivity index (χ1n) is 12.2. The van der Waals surface area contributed by atoms with Gasteiger partial charge in [-0.25, -0.2) is 0 Å². The number of aliphatic hydroxyl groups excluding tert-OH is 2. The molecule has 1 aromatic carbocycles. The third-order valence-corrected chi connectivity index (χ3v) is 8.00. The Morgan fingerprint density at radius 3 is 2.32 bits per heavy atom. The number of hydrogen-bond acceptors (Lipinski definition) is 9. The Kier molecular flexibility index (Phi) is 5.73. The lowest BCUT2D eigenvalue weighted by molar-refractivity contribution is -0.153. The highest BCUT2D eigenvalue weighted by Crippen LogP contribution is 2.53. The van der Waals surface area contributed by atoms with Crippen LogP contribution in [0.25, 0.3) is 16.9 Å². The van der Waals surface area contributed by atoms with Crippen LogP contribution >= 0.6 is 0 Å². The van der Waals surface area contributed by atoms with E-state index in [1.807, 2.05) is 26.0 Å². The Morgan fingerprint density at radius 2 is 1.74 bits per heavy atom. The molecule has 0 unspecified atom stereocenters. The number of benzene rings is 1. The van der Waals surface area contributed by atoms with Gasteiger partial charge in [0.15, 0.2) is 11.4 Å². The second-order valence-corrected chi connectivity index (χ2v) is 10.6. The molecule has 1 fully saturated rings. The van der Waals surface area contributed by atoms with E-state index in [-0.39, 0.29) is 29.7 Å². The molecule has 1 saturated carbocycles. The molecule has 3 aliphatic rings. The van der Waals surface area contributed by atoms with Gasteiger partial charge in [0, 0.05) is 22.9 Å². The van der Waals surface area contributed by atoms with Crippen molar-refractivity contribution < 1.29 is 34.8 Å². The van der Waals surface area contributed by atoms with Crippen LogP contribution in [0.15, 0.2) is 41.2 Å². The summed E-state index contributed by atoms with van der Waals surface area (Å²) in [5.74, 6) is -6.69.